The van der Waals surface area contributed by atoms with E-state index in [1.807, 2.05) is 0 Å². The highest BCUT2D eigenvalue weighted by Gasteiger charge is 2.11. The van der Waals surface area contributed by atoms with Crippen molar-refractivity contribution >= 4 is 17.5 Å². The van der Waals surface area contributed by atoms with E-state index in [-0.39, 0.29) is 24.1 Å². The normalized spacial score (nSPS) is 10.2. The molecule has 0 spiro atoms. The van der Waals surface area contributed by atoms with Crippen LogP contribution in [0.1, 0.15) is 21.9 Å². The van der Waals surface area contributed by atoms with Gasteiger partial charge in [-0.25, -0.2) is 0 Å². The first-order valence-electron chi connectivity index (χ1n) is 6.52. The minimum absolute atomic E-state index is 0.0586. The summed E-state index contributed by atoms with van der Waals surface area (Å²) in [7, 11) is 1.59. The molecule has 2 aromatic rings. The first-order chi connectivity index (χ1) is 10.1. The van der Waals surface area contributed by atoms with Crippen LogP contribution in [0.5, 0.6) is 0 Å². The number of anilines is 1. The molecule has 2 amide bonds. The van der Waals surface area contributed by atoms with Gasteiger partial charge in [0.2, 0.25) is 5.91 Å². The molecule has 6 nitrogen and oxygen atoms in total. The van der Waals surface area contributed by atoms with Crippen molar-refractivity contribution in [3.8, 4) is 0 Å². The molecule has 1 aromatic heterocycles. The number of rotatable bonds is 5. The van der Waals surface area contributed by atoms with Crippen LogP contribution in [0.25, 0.3) is 0 Å². The zero-order chi connectivity index (χ0) is 15.2. The molecule has 4 N–H and O–H groups in total. The maximum Gasteiger partial charge on any atom is 0.291 e. The van der Waals surface area contributed by atoms with E-state index in [0.717, 1.165) is 5.56 Å². The summed E-state index contributed by atoms with van der Waals surface area (Å²) in [6.07, 6.45) is 0.308. The molecule has 0 aliphatic carbocycles. The first kappa shape index (κ1) is 14.8. The largest absolute Gasteiger partial charge is 0.455 e. The van der Waals surface area contributed by atoms with Crippen LogP contribution in [0.2, 0.25) is 0 Å². The van der Waals surface area contributed by atoms with E-state index < -0.39 is 0 Å². The summed E-state index contributed by atoms with van der Waals surface area (Å²) in [5.74, 6) is 0.372. The molecule has 0 atom stereocenters. The molecule has 6 heteroatoms. The van der Waals surface area contributed by atoms with Gasteiger partial charge in [0.15, 0.2) is 5.76 Å². The average molecular weight is 287 g/mol. The summed E-state index contributed by atoms with van der Waals surface area (Å²) in [4.78, 5) is 23.2. The highest BCUT2D eigenvalue weighted by molar-refractivity contribution is 6.02. The Bertz CT molecular complexity index is 632. The van der Waals surface area contributed by atoms with Crippen LogP contribution in [-0.2, 0) is 17.8 Å². The van der Waals surface area contributed by atoms with Crippen molar-refractivity contribution in [1.82, 2.24) is 5.32 Å². The molecule has 2 rings (SSSR count). The summed E-state index contributed by atoms with van der Waals surface area (Å²) in [5.41, 5.74) is 6.93. The standard InChI is InChI=1S/C15H17N3O3/c1-17-14(19)8-10-2-4-11(5-3-10)18-15(20)13-7-6-12(9-16)21-13/h2-7H,8-9,16H2,1H3,(H,17,19)(H,18,20). The van der Waals surface area contributed by atoms with E-state index in [1.54, 1.807) is 43.4 Å². The van der Waals surface area contributed by atoms with Crippen LogP contribution in [0.3, 0.4) is 0 Å². The molecular formula is C15H17N3O3. The van der Waals surface area contributed by atoms with Gasteiger partial charge in [0, 0.05) is 12.7 Å². The van der Waals surface area contributed by atoms with Gasteiger partial charge in [0.05, 0.1) is 13.0 Å². The lowest BCUT2D eigenvalue weighted by atomic mass is 10.1. The summed E-state index contributed by atoms with van der Waals surface area (Å²) in [5, 5.41) is 5.27. The average Bonchev–Trinajstić information content (AvgIpc) is 2.98. The predicted octanol–water partition coefficient (Wildman–Crippen LogP) is 1.28. The van der Waals surface area contributed by atoms with Crippen LogP contribution in [0.4, 0.5) is 5.69 Å². The van der Waals surface area contributed by atoms with Crippen LogP contribution in [0, 0.1) is 0 Å². The maximum absolute atomic E-state index is 11.9. The number of likely N-dealkylation sites (N-methyl/N-ethyl adjacent to an activating group) is 1. The molecule has 0 saturated heterocycles. The highest BCUT2D eigenvalue weighted by Crippen LogP contribution is 2.13. The third kappa shape index (κ3) is 3.93. The second-order valence-corrected chi connectivity index (χ2v) is 4.47. The van der Waals surface area contributed by atoms with E-state index >= 15 is 0 Å². The van der Waals surface area contributed by atoms with E-state index in [1.165, 1.54) is 0 Å². The molecule has 0 radical (unpaired) electrons. The van der Waals surface area contributed by atoms with E-state index in [2.05, 4.69) is 10.6 Å². The number of carbonyl (C=O) groups excluding carboxylic acids is 2. The van der Waals surface area contributed by atoms with Crippen molar-refractivity contribution in [2.45, 2.75) is 13.0 Å². The molecule has 1 aromatic carbocycles. The molecule has 0 aliphatic heterocycles. The molecule has 0 bridgehead atoms. The Morgan fingerprint density at radius 3 is 2.43 bits per heavy atom. The molecule has 1 heterocycles. The predicted molar refractivity (Wildman–Crippen MR) is 78.8 cm³/mol. The van der Waals surface area contributed by atoms with Crippen LogP contribution in [-0.4, -0.2) is 18.9 Å². The fourth-order valence-electron chi connectivity index (χ4n) is 1.78. The third-order valence-corrected chi connectivity index (χ3v) is 2.94. The van der Waals surface area contributed by atoms with Gasteiger partial charge in [-0.05, 0) is 29.8 Å². The molecule has 0 saturated carbocycles. The van der Waals surface area contributed by atoms with E-state index in [9.17, 15) is 9.59 Å². The number of hydrogen-bond acceptors (Lipinski definition) is 4. The molecule has 0 aliphatic rings. The zero-order valence-electron chi connectivity index (χ0n) is 11.7. The van der Waals surface area contributed by atoms with Gasteiger partial charge in [-0.2, -0.15) is 0 Å². The Morgan fingerprint density at radius 2 is 1.86 bits per heavy atom. The summed E-state index contributed by atoms with van der Waals surface area (Å²) >= 11 is 0. The SMILES string of the molecule is CNC(=O)Cc1ccc(NC(=O)c2ccc(CN)o2)cc1. The van der Waals surface area contributed by atoms with Gasteiger partial charge in [0.25, 0.3) is 5.91 Å². The van der Waals surface area contributed by atoms with Crippen LogP contribution in [0.15, 0.2) is 40.8 Å². The smallest absolute Gasteiger partial charge is 0.291 e. The lowest BCUT2D eigenvalue weighted by molar-refractivity contribution is -0.119. The number of amides is 2. The summed E-state index contributed by atoms with van der Waals surface area (Å²) in [6, 6.07) is 10.3. The van der Waals surface area contributed by atoms with Crippen LogP contribution < -0.4 is 16.4 Å². The Balaban J connectivity index is 1.99. The van der Waals surface area contributed by atoms with Gasteiger partial charge >= 0.3 is 0 Å². The number of carbonyl (C=O) groups is 2. The lowest BCUT2D eigenvalue weighted by Crippen LogP contribution is -2.19. The minimum Gasteiger partial charge on any atom is -0.455 e. The van der Waals surface area contributed by atoms with Crippen molar-refractivity contribution in [2.75, 3.05) is 12.4 Å². The number of furan rings is 1. The quantitative estimate of drug-likeness (QED) is 0.771. The summed E-state index contributed by atoms with van der Waals surface area (Å²) < 4.78 is 5.27. The minimum atomic E-state index is -0.339. The molecule has 0 fully saturated rings. The number of benzene rings is 1. The Kier molecular flexibility index (Phi) is 4.73. The Morgan fingerprint density at radius 1 is 1.14 bits per heavy atom. The van der Waals surface area contributed by atoms with E-state index in [4.69, 9.17) is 10.2 Å². The Labute approximate surface area is 122 Å². The second-order valence-electron chi connectivity index (χ2n) is 4.47. The highest BCUT2D eigenvalue weighted by atomic mass is 16.4. The first-order valence-corrected chi connectivity index (χ1v) is 6.52. The van der Waals surface area contributed by atoms with Gasteiger partial charge in [-0.15, -0.1) is 0 Å². The maximum atomic E-state index is 11.9. The monoisotopic (exact) mass is 287 g/mol. The van der Waals surface area contributed by atoms with E-state index in [0.29, 0.717) is 17.9 Å². The fraction of sp³-hybridized carbons (Fsp3) is 0.200. The molecule has 110 valence electrons. The van der Waals surface area contributed by atoms with Gasteiger partial charge < -0.3 is 20.8 Å². The molecule has 0 unspecified atom stereocenters. The number of hydrogen-bond donors (Lipinski definition) is 3. The fourth-order valence-corrected chi connectivity index (χ4v) is 1.78. The number of nitrogens with one attached hydrogen (secondary N) is 2. The summed E-state index contributed by atoms with van der Waals surface area (Å²) in [6.45, 7) is 0.251. The van der Waals surface area contributed by atoms with Crippen molar-refractivity contribution < 1.29 is 14.0 Å². The van der Waals surface area contributed by atoms with Gasteiger partial charge in [-0.1, -0.05) is 12.1 Å². The van der Waals surface area contributed by atoms with Crippen molar-refractivity contribution in [3.05, 3.63) is 53.5 Å². The Hall–Kier alpha value is -2.60. The second kappa shape index (κ2) is 6.71. The molecular weight excluding hydrogens is 270 g/mol. The zero-order valence-corrected chi connectivity index (χ0v) is 11.7. The van der Waals surface area contributed by atoms with Crippen LogP contribution >= 0.6 is 0 Å². The van der Waals surface area contributed by atoms with Gasteiger partial charge in [-0.3, -0.25) is 9.59 Å². The third-order valence-electron chi connectivity index (χ3n) is 2.94. The topological polar surface area (TPSA) is 97.4 Å². The molecule has 21 heavy (non-hydrogen) atoms. The number of nitrogens with two attached hydrogens (primary N) is 1. The lowest BCUT2D eigenvalue weighted by Gasteiger charge is -2.05. The van der Waals surface area contributed by atoms with Crippen molar-refractivity contribution in [2.24, 2.45) is 5.73 Å². The van der Waals surface area contributed by atoms with Crippen molar-refractivity contribution in [3.63, 3.8) is 0 Å². The van der Waals surface area contributed by atoms with Gasteiger partial charge in [0.1, 0.15) is 5.76 Å². The van der Waals surface area contributed by atoms with Crippen molar-refractivity contribution in [1.29, 1.82) is 0 Å².